The van der Waals surface area contributed by atoms with E-state index in [1.807, 2.05) is 0 Å². The monoisotopic (exact) mass is 300 g/mol. The Hall–Kier alpha value is -2.00. The van der Waals surface area contributed by atoms with Gasteiger partial charge in [0.2, 0.25) is 15.9 Å². The Balaban J connectivity index is 2.22. The number of benzene rings is 1. The largest absolute Gasteiger partial charge is 0.396 e. The topological polar surface area (TPSA) is 111 Å². The fourth-order valence-electron chi connectivity index (χ4n) is 1.57. The molecular weight excluding hydrogens is 287 g/mol. The van der Waals surface area contributed by atoms with Crippen LogP contribution in [0.2, 0.25) is 0 Å². The Morgan fingerprint density at radius 3 is 2.65 bits per heavy atom. The van der Waals surface area contributed by atoms with E-state index in [0.717, 1.165) is 6.07 Å². The molecule has 2 rings (SSSR count). The lowest BCUT2D eigenvalue weighted by atomic mass is 10.2. The highest BCUT2D eigenvalue weighted by molar-refractivity contribution is 7.89. The molecule has 0 fully saturated rings. The predicted molar refractivity (Wildman–Crippen MR) is 68.6 cm³/mol. The number of halogens is 1. The summed E-state index contributed by atoms with van der Waals surface area (Å²) in [6.45, 7) is 2.90. The summed E-state index contributed by atoms with van der Waals surface area (Å²) >= 11 is 0. The summed E-state index contributed by atoms with van der Waals surface area (Å²) in [7, 11) is -3.83. The molecule has 3 N–H and O–H groups in total. The third-order valence-corrected chi connectivity index (χ3v) is 3.94. The Kier molecular flexibility index (Phi) is 3.73. The highest BCUT2D eigenvalue weighted by Crippen LogP contribution is 2.20. The third-order valence-electron chi connectivity index (χ3n) is 2.56. The van der Waals surface area contributed by atoms with Gasteiger partial charge in [-0.05, 0) is 24.6 Å². The standard InChI is InChI=1S/C11H13FN4O3S/c1-6-3-8(4-9(13)11(6)12)20(17,18)14-5-10-15-7(2)19-16-10/h3-4,14H,5,13H2,1-2H3. The molecular formula is C11H13FN4O3S. The molecule has 0 unspecified atom stereocenters. The lowest BCUT2D eigenvalue weighted by Crippen LogP contribution is -2.24. The summed E-state index contributed by atoms with van der Waals surface area (Å²) in [5, 5.41) is 3.56. The van der Waals surface area contributed by atoms with E-state index in [2.05, 4.69) is 14.9 Å². The SMILES string of the molecule is Cc1nc(CNS(=O)(=O)c2cc(C)c(F)c(N)c2)no1. The molecule has 1 aromatic heterocycles. The van der Waals surface area contributed by atoms with Crippen molar-refractivity contribution in [1.29, 1.82) is 0 Å². The highest BCUT2D eigenvalue weighted by atomic mass is 32.2. The van der Waals surface area contributed by atoms with Gasteiger partial charge in [-0.25, -0.2) is 17.5 Å². The van der Waals surface area contributed by atoms with Crippen LogP contribution in [0.15, 0.2) is 21.6 Å². The molecule has 108 valence electrons. The van der Waals surface area contributed by atoms with Crippen molar-refractivity contribution in [3.8, 4) is 0 Å². The van der Waals surface area contributed by atoms with Crippen molar-refractivity contribution in [3.05, 3.63) is 35.2 Å². The molecule has 0 aliphatic rings. The summed E-state index contributed by atoms with van der Waals surface area (Å²) < 4.78 is 44.5. The van der Waals surface area contributed by atoms with Crippen LogP contribution in [0.25, 0.3) is 0 Å². The van der Waals surface area contributed by atoms with E-state index < -0.39 is 15.8 Å². The van der Waals surface area contributed by atoms with Crippen molar-refractivity contribution >= 4 is 15.7 Å². The summed E-state index contributed by atoms with van der Waals surface area (Å²) in [4.78, 5) is 3.75. The quantitative estimate of drug-likeness (QED) is 0.811. The smallest absolute Gasteiger partial charge is 0.241 e. The molecule has 9 heteroatoms. The molecule has 0 bridgehead atoms. The maximum Gasteiger partial charge on any atom is 0.241 e. The average Bonchev–Trinajstić information content (AvgIpc) is 2.79. The van der Waals surface area contributed by atoms with Crippen LogP contribution in [0.1, 0.15) is 17.3 Å². The molecule has 0 aliphatic carbocycles. The number of nitrogens with one attached hydrogen (secondary N) is 1. The molecule has 1 aromatic carbocycles. The summed E-state index contributed by atoms with van der Waals surface area (Å²) in [6, 6.07) is 2.27. The van der Waals surface area contributed by atoms with Crippen LogP contribution in [0, 0.1) is 19.7 Å². The van der Waals surface area contributed by atoms with E-state index >= 15 is 0 Å². The Morgan fingerprint density at radius 1 is 1.40 bits per heavy atom. The molecule has 0 amide bonds. The summed E-state index contributed by atoms with van der Waals surface area (Å²) in [5.41, 5.74) is 5.35. The summed E-state index contributed by atoms with van der Waals surface area (Å²) in [6.07, 6.45) is 0. The molecule has 0 saturated heterocycles. The number of nitrogens with zero attached hydrogens (tertiary/aromatic N) is 2. The fraction of sp³-hybridized carbons (Fsp3) is 0.273. The number of anilines is 1. The lowest BCUT2D eigenvalue weighted by Gasteiger charge is -2.08. The van der Waals surface area contributed by atoms with Crippen LogP contribution in [0.5, 0.6) is 0 Å². The van der Waals surface area contributed by atoms with Gasteiger partial charge in [0.15, 0.2) is 5.82 Å². The maximum atomic E-state index is 13.4. The van der Waals surface area contributed by atoms with Gasteiger partial charge in [-0.2, -0.15) is 4.98 Å². The molecule has 0 aliphatic heterocycles. The first-order valence-electron chi connectivity index (χ1n) is 5.64. The second kappa shape index (κ2) is 5.17. The third kappa shape index (κ3) is 2.94. The number of rotatable bonds is 4. The zero-order chi connectivity index (χ0) is 14.9. The molecule has 0 saturated carbocycles. The van der Waals surface area contributed by atoms with E-state index in [1.54, 1.807) is 6.92 Å². The van der Waals surface area contributed by atoms with Crippen LogP contribution in [-0.2, 0) is 16.6 Å². The maximum absolute atomic E-state index is 13.4. The first-order chi connectivity index (χ1) is 9.29. The first kappa shape index (κ1) is 14.4. The minimum absolute atomic E-state index is 0.117. The molecule has 0 atom stereocenters. The number of hydrogen-bond donors (Lipinski definition) is 2. The number of aromatic nitrogens is 2. The lowest BCUT2D eigenvalue weighted by molar-refractivity contribution is 0.387. The van der Waals surface area contributed by atoms with Gasteiger partial charge in [0.25, 0.3) is 0 Å². The van der Waals surface area contributed by atoms with Gasteiger partial charge in [-0.3, -0.25) is 0 Å². The molecule has 20 heavy (non-hydrogen) atoms. The van der Waals surface area contributed by atoms with Crippen molar-refractivity contribution in [2.24, 2.45) is 0 Å². The number of nitrogen functional groups attached to an aromatic ring is 1. The van der Waals surface area contributed by atoms with Crippen LogP contribution >= 0.6 is 0 Å². The second-order valence-corrected chi connectivity index (χ2v) is 5.96. The highest BCUT2D eigenvalue weighted by Gasteiger charge is 2.18. The van der Waals surface area contributed by atoms with Crippen molar-refractivity contribution in [2.75, 3.05) is 5.73 Å². The Labute approximate surface area is 115 Å². The number of nitrogens with two attached hydrogens (primary N) is 1. The van der Waals surface area contributed by atoms with Crippen LogP contribution < -0.4 is 10.5 Å². The zero-order valence-electron chi connectivity index (χ0n) is 10.8. The van der Waals surface area contributed by atoms with Gasteiger partial charge >= 0.3 is 0 Å². The van der Waals surface area contributed by atoms with E-state index in [4.69, 9.17) is 10.3 Å². The van der Waals surface area contributed by atoms with Crippen molar-refractivity contribution in [2.45, 2.75) is 25.3 Å². The molecule has 2 aromatic rings. The van der Waals surface area contributed by atoms with Gasteiger partial charge in [-0.15, -0.1) is 0 Å². The van der Waals surface area contributed by atoms with Gasteiger partial charge in [-0.1, -0.05) is 5.16 Å². The van der Waals surface area contributed by atoms with E-state index in [9.17, 15) is 12.8 Å². The predicted octanol–water partition coefficient (Wildman–Crippen LogP) is 0.886. The van der Waals surface area contributed by atoms with Crippen LogP contribution in [0.3, 0.4) is 0 Å². The average molecular weight is 300 g/mol. The van der Waals surface area contributed by atoms with Crippen molar-refractivity contribution in [3.63, 3.8) is 0 Å². The zero-order valence-corrected chi connectivity index (χ0v) is 11.7. The van der Waals surface area contributed by atoms with Gasteiger partial charge in [0.1, 0.15) is 5.82 Å². The summed E-state index contributed by atoms with van der Waals surface area (Å²) in [5.74, 6) is -0.0864. The van der Waals surface area contributed by atoms with E-state index in [0.29, 0.717) is 5.89 Å². The van der Waals surface area contributed by atoms with Gasteiger partial charge < -0.3 is 10.3 Å². The number of hydrogen-bond acceptors (Lipinski definition) is 6. The molecule has 1 heterocycles. The Bertz CT molecular complexity index is 719. The fourth-order valence-corrected chi connectivity index (χ4v) is 2.67. The van der Waals surface area contributed by atoms with Crippen molar-refractivity contribution < 1.29 is 17.3 Å². The number of aryl methyl sites for hydroxylation is 2. The molecule has 0 spiro atoms. The van der Waals surface area contributed by atoms with Crippen molar-refractivity contribution in [1.82, 2.24) is 14.9 Å². The van der Waals surface area contributed by atoms with Crippen LogP contribution in [0.4, 0.5) is 10.1 Å². The normalized spacial score (nSPS) is 11.8. The minimum atomic E-state index is -3.83. The van der Waals surface area contributed by atoms with Gasteiger partial charge in [0.05, 0.1) is 17.1 Å². The van der Waals surface area contributed by atoms with Gasteiger partial charge in [0, 0.05) is 6.92 Å². The van der Waals surface area contributed by atoms with E-state index in [1.165, 1.54) is 13.0 Å². The number of sulfonamides is 1. The Morgan fingerprint density at radius 2 is 2.10 bits per heavy atom. The van der Waals surface area contributed by atoms with E-state index in [-0.39, 0.29) is 28.5 Å². The second-order valence-electron chi connectivity index (χ2n) is 4.20. The molecule has 7 nitrogen and oxygen atoms in total. The first-order valence-corrected chi connectivity index (χ1v) is 7.12. The minimum Gasteiger partial charge on any atom is -0.396 e. The van der Waals surface area contributed by atoms with Crippen LogP contribution in [-0.4, -0.2) is 18.6 Å². The molecule has 0 radical (unpaired) electrons.